The molecule has 2 rings (SSSR count). The van der Waals surface area contributed by atoms with Crippen molar-refractivity contribution in [3.63, 3.8) is 0 Å². The van der Waals surface area contributed by atoms with Crippen LogP contribution < -0.4 is 0 Å². The predicted molar refractivity (Wildman–Crippen MR) is 104 cm³/mol. The van der Waals surface area contributed by atoms with Gasteiger partial charge >= 0.3 is 5.97 Å². The van der Waals surface area contributed by atoms with E-state index < -0.39 is 16.8 Å². The lowest BCUT2D eigenvalue weighted by molar-refractivity contribution is -0.384. The summed E-state index contributed by atoms with van der Waals surface area (Å²) in [4.78, 5) is 36.6. The number of amides is 1. The van der Waals surface area contributed by atoms with Gasteiger partial charge < -0.3 is 14.4 Å². The van der Waals surface area contributed by atoms with E-state index in [1.54, 1.807) is 25.3 Å². The van der Waals surface area contributed by atoms with Crippen LogP contribution in [-0.4, -0.2) is 64.9 Å². The lowest BCUT2D eigenvalue weighted by Crippen LogP contribution is -2.39. The highest BCUT2D eigenvalue weighted by Gasteiger charge is 2.24. The van der Waals surface area contributed by atoms with Gasteiger partial charge in [-0.15, -0.1) is 0 Å². The molecule has 0 unspecified atom stereocenters. The summed E-state index contributed by atoms with van der Waals surface area (Å²) in [5.41, 5.74) is 0.545. The Bertz CT molecular complexity index is 866. The van der Waals surface area contributed by atoms with E-state index in [-0.39, 0.29) is 30.4 Å². The van der Waals surface area contributed by atoms with Gasteiger partial charge in [0.1, 0.15) is 0 Å². The minimum atomic E-state index is -0.510. The molecule has 0 saturated carbocycles. The van der Waals surface area contributed by atoms with Gasteiger partial charge in [-0.2, -0.15) is 5.10 Å². The van der Waals surface area contributed by atoms with E-state index in [1.165, 1.54) is 34.9 Å². The number of carbonyl (C=O) groups excluding carboxylic acids is 2. The molecule has 0 bridgehead atoms. The Balaban J connectivity index is 2.21. The molecule has 0 radical (unpaired) electrons. The van der Waals surface area contributed by atoms with Crippen LogP contribution in [0.15, 0.2) is 36.5 Å². The van der Waals surface area contributed by atoms with Crippen molar-refractivity contribution >= 4 is 17.6 Å². The number of methoxy groups -OCH3 is 1. The molecule has 2 aromatic rings. The molecule has 0 spiro atoms. The molecule has 1 heterocycles. The summed E-state index contributed by atoms with van der Waals surface area (Å²) in [6, 6.07) is 7.47. The quantitative estimate of drug-likeness (QED) is 0.257. The van der Waals surface area contributed by atoms with Crippen LogP contribution in [0.25, 0.3) is 5.69 Å². The van der Waals surface area contributed by atoms with Gasteiger partial charge in [0.2, 0.25) is 0 Å². The molecule has 1 aromatic carbocycles. The summed E-state index contributed by atoms with van der Waals surface area (Å²) >= 11 is 0. The predicted octanol–water partition coefficient (Wildman–Crippen LogP) is 2.07. The normalized spacial score (nSPS) is 11.7. The second kappa shape index (κ2) is 10.3. The first-order valence-electron chi connectivity index (χ1n) is 9.12. The molecule has 0 fully saturated rings. The number of rotatable bonds is 10. The number of non-ortho nitro benzene ring substituents is 1. The third-order valence-corrected chi connectivity index (χ3v) is 4.21. The second-order valence-electron chi connectivity index (χ2n) is 6.29. The molecular formula is C19H24N4O6. The smallest absolute Gasteiger partial charge is 0.310 e. The van der Waals surface area contributed by atoms with E-state index >= 15 is 0 Å². The van der Waals surface area contributed by atoms with Gasteiger partial charge in [-0.05, 0) is 19.1 Å². The van der Waals surface area contributed by atoms with Gasteiger partial charge in [-0.3, -0.25) is 19.7 Å². The van der Waals surface area contributed by atoms with Crippen molar-refractivity contribution in [3.05, 3.63) is 52.3 Å². The average molecular weight is 404 g/mol. The fourth-order valence-corrected chi connectivity index (χ4v) is 2.69. The van der Waals surface area contributed by atoms with Crippen LogP contribution in [-0.2, 0) is 14.3 Å². The van der Waals surface area contributed by atoms with Crippen molar-refractivity contribution in [2.24, 2.45) is 5.92 Å². The molecule has 1 amide bonds. The summed E-state index contributed by atoms with van der Waals surface area (Å²) in [5.74, 6) is -1.30. The van der Waals surface area contributed by atoms with Gasteiger partial charge in [-0.1, -0.05) is 13.0 Å². The topological polar surface area (TPSA) is 117 Å². The number of ether oxygens (including phenoxy) is 2. The zero-order valence-electron chi connectivity index (χ0n) is 16.6. The molecule has 0 aliphatic rings. The van der Waals surface area contributed by atoms with Crippen molar-refractivity contribution in [1.29, 1.82) is 0 Å². The van der Waals surface area contributed by atoms with Gasteiger partial charge in [0.05, 0.1) is 30.2 Å². The summed E-state index contributed by atoms with van der Waals surface area (Å²) in [7, 11) is 1.30. The maximum atomic E-state index is 12.9. The minimum Gasteiger partial charge on any atom is -0.469 e. The molecule has 1 atom stereocenters. The molecular weight excluding hydrogens is 380 g/mol. The van der Waals surface area contributed by atoms with Gasteiger partial charge in [0.15, 0.2) is 5.69 Å². The maximum absolute atomic E-state index is 12.9. The third-order valence-electron chi connectivity index (χ3n) is 4.21. The summed E-state index contributed by atoms with van der Waals surface area (Å²) in [6.07, 6.45) is 1.55. The first kappa shape index (κ1) is 22.0. The number of aromatic nitrogens is 2. The van der Waals surface area contributed by atoms with E-state index in [2.05, 4.69) is 5.10 Å². The highest BCUT2D eigenvalue weighted by Crippen LogP contribution is 2.17. The number of hydrogen-bond acceptors (Lipinski definition) is 7. The number of esters is 1. The first-order chi connectivity index (χ1) is 13.9. The lowest BCUT2D eigenvalue weighted by Gasteiger charge is -2.24. The fraction of sp³-hybridized carbons (Fsp3) is 0.421. The van der Waals surface area contributed by atoms with Crippen molar-refractivity contribution in [3.8, 4) is 5.69 Å². The highest BCUT2D eigenvalue weighted by atomic mass is 16.6. The molecule has 10 heteroatoms. The van der Waals surface area contributed by atoms with E-state index in [9.17, 15) is 19.7 Å². The zero-order valence-corrected chi connectivity index (χ0v) is 16.6. The Morgan fingerprint density at radius 2 is 2.10 bits per heavy atom. The highest BCUT2D eigenvalue weighted by molar-refractivity contribution is 5.92. The zero-order chi connectivity index (χ0) is 21.4. The third kappa shape index (κ3) is 5.85. The monoisotopic (exact) mass is 404 g/mol. The first-order valence-corrected chi connectivity index (χ1v) is 9.12. The molecule has 1 aromatic heterocycles. The molecule has 29 heavy (non-hydrogen) atoms. The number of benzene rings is 1. The Labute approximate surface area is 168 Å². The van der Waals surface area contributed by atoms with Crippen LogP contribution >= 0.6 is 0 Å². The van der Waals surface area contributed by atoms with Crippen molar-refractivity contribution in [1.82, 2.24) is 14.7 Å². The molecule has 0 aliphatic carbocycles. The van der Waals surface area contributed by atoms with Crippen LogP contribution in [0.3, 0.4) is 0 Å². The van der Waals surface area contributed by atoms with E-state index in [0.717, 1.165) is 0 Å². The van der Waals surface area contributed by atoms with E-state index in [1.807, 2.05) is 6.92 Å². The second-order valence-corrected chi connectivity index (χ2v) is 6.29. The van der Waals surface area contributed by atoms with Crippen molar-refractivity contribution in [2.75, 3.05) is 33.4 Å². The maximum Gasteiger partial charge on any atom is 0.310 e. The summed E-state index contributed by atoms with van der Waals surface area (Å²) < 4.78 is 11.5. The number of nitro benzene ring substituents is 1. The fourth-order valence-electron chi connectivity index (χ4n) is 2.69. The van der Waals surface area contributed by atoms with Crippen LogP contribution in [0.1, 0.15) is 24.3 Å². The largest absolute Gasteiger partial charge is 0.469 e. The van der Waals surface area contributed by atoms with E-state index in [4.69, 9.17) is 9.47 Å². The molecule has 0 N–H and O–H groups in total. The Morgan fingerprint density at radius 1 is 1.34 bits per heavy atom. The van der Waals surface area contributed by atoms with Gasteiger partial charge in [0, 0.05) is 38.0 Å². The molecule has 156 valence electrons. The average Bonchev–Trinajstić information content (AvgIpc) is 3.22. The minimum absolute atomic E-state index is 0.0730. The number of carbonyl (C=O) groups is 2. The van der Waals surface area contributed by atoms with E-state index in [0.29, 0.717) is 18.9 Å². The van der Waals surface area contributed by atoms with Crippen LogP contribution in [0, 0.1) is 16.0 Å². The van der Waals surface area contributed by atoms with Crippen molar-refractivity contribution in [2.45, 2.75) is 13.8 Å². The lowest BCUT2D eigenvalue weighted by atomic mass is 10.1. The van der Waals surface area contributed by atoms with Gasteiger partial charge in [-0.25, -0.2) is 4.68 Å². The summed E-state index contributed by atoms with van der Waals surface area (Å²) in [5, 5.41) is 15.2. The Kier molecular flexibility index (Phi) is 7.84. The molecule has 0 aliphatic heterocycles. The van der Waals surface area contributed by atoms with Crippen molar-refractivity contribution < 1.29 is 24.0 Å². The molecule has 0 saturated heterocycles. The standard InChI is InChI=1S/C19H24N4O6/c1-4-29-11-10-21(13-14(2)19(25)28-3)18(24)17-8-9-22(20-17)15-6-5-7-16(12-15)23(26)27/h5-9,12,14H,4,10-11,13H2,1-3H3/t14-/m0/s1. The van der Waals surface area contributed by atoms with Crippen LogP contribution in [0.2, 0.25) is 0 Å². The van der Waals surface area contributed by atoms with Crippen LogP contribution in [0.4, 0.5) is 5.69 Å². The number of nitrogens with zero attached hydrogens (tertiary/aromatic N) is 4. The number of nitro groups is 1. The Hall–Kier alpha value is -3.27. The Morgan fingerprint density at radius 3 is 2.76 bits per heavy atom. The van der Waals surface area contributed by atoms with Crippen LogP contribution in [0.5, 0.6) is 0 Å². The summed E-state index contributed by atoms with van der Waals surface area (Å²) in [6.45, 7) is 4.80. The van der Waals surface area contributed by atoms with Gasteiger partial charge in [0.25, 0.3) is 11.6 Å². The molecule has 10 nitrogen and oxygen atoms in total. The number of hydrogen-bond donors (Lipinski definition) is 0. The SMILES string of the molecule is CCOCCN(C[C@H](C)C(=O)OC)C(=O)c1ccn(-c2cccc([N+](=O)[O-])c2)n1.